The number of carbonyl (C=O) groups is 2. The van der Waals surface area contributed by atoms with E-state index in [0.717, 1.165) is 0 Å². The van der Waals surface area contributed by atoms with Gasteiger partial charge in [-0.05, 0) is 0 Å². The maximum absolute atomic E-state index is 10.8. The molecular formula is C7H10O5S. The van der Waals surface area contributed by atoms with Gasteiger partial charge in [-0.2, -0.15) is 0 Å². The Morgan fingerprint density at radius 2 is 2.38 bits per heavy atom. The molecule has 0 saturated carbocycles. The minimum absolute atomic E-state index is 0.0498. The van der Waals surface area contributed by atoms with E-state index in [1.807, 2.05) is 0 Å². The predicted octanol–water partition coefficient (Wildman–Crippen LogP) is -0.215. The molecule has 1 saturated heterocycles. The molecule has 2 unspecified atom stereocenters. The summed E-state index contributed by atoms with van der Waals surface area (Å²) in [6, 6.07) is 0. The van der Waals surface area contributed by atoms with Gasteiger partial charge in [0, 0.05) is 6.42 Å². The summed E-state index contributed by atoms with van der Waals surface area (Å²) in [7, 11) is 0. The summed E-state index contributed by atoms with van der Waals surface area (Å²) < 4.78 is 4.64. The molecule has 1 aliphatic heterocycles. The minimum Gasteiger partial charge on any atom is -0.481 e. The van der Waals surface area contributed by atoms with Gasteiger partial charge in [0.25, 0.3) is 0 Å². The zero-order valence-electron chi connectivity index (χ0n) is 6.77. The number of carboxylic acids is 1. The summed E-state index contributed by atoms with van der Waals surface area (Å²) >= 11 is 3.86. The molecule has 0 bridgehead atoms. The van der Waals surface area contributed by atoms with Gasteiger partial charge in [0.15, 0.2) is 0 Å². The number of cyclic esters (lactones) is 1. The lowest BCUT2D eigenvalue weighted by atomic mass is 9.90. The van der Waals surface area contributed by atoms with Crippen LogP contribution >= 0.6 is 12.6 Å². The number of ether oxygens (including phenoxy) is 1. The van der Waals surface area contributed by atoms with Crippen LogP contribution in [0.3, 0.4) is 0 Å². The summed E-state index contributed by atoms with van der Waals surface area (Å²) in [5.41, 5.74) is -2.22. The molecule has 1 fully saturated rings. The third-order valence-corrected chi connectivity index (χ3v) is 2.06. The molecule has 6 heteroatoms. The molecule has 0 aromatic heterocycles. The highest BCUT2D eigenvalue weighted by Crippen LogP contribution is 2.30. The fourth-order valence-corrected chi connectivity index (χ4v) is 1.77. The molecule has 0 spiro atoms. The van der Waals surface area contributed by atoms with Gasteiger partial charge in [-0.3, -0.25) is 9.59 Å². The van der Waals surface area contributed by atoms with Crippen molar-refractivity contribution in [2.24, 2.45) is 0 Å². The first kappa shape index (κ1) is 10.3. The summed E-state index contributed by atoms with van der Waals surface area (Å²) in [6.07, 6.45) is -0.691. The van der Waals surface area contributed by atoms with Crippen molar-refractivity contribution in [3.8, 4) is 0 Å². The second-order valence-corrected chi connectivity index (χ2v) is 3.70. The first-order valence-corrected chi connectivity index (χ1v) is 4.25. The fraction of sp³-hybridized carbons (Fsp3) is 0.714. The quantitative estimate of drug-likeness (QED) is 0.430. The number of hydrogen-bond acceptors (Lipinski definition) is 5. The number of carboxylic acid groups (broad SMARTS) is 1. The van der Waals surface area contributed by atoms with Crippen molar-refractivity contribution in [2.45, 2.75) is 30.3 Å². The third kappa shape index (κ3) is 2.89. The van der Waals surface area contributed by atoms with Crippen molar-refractivity contribution in [3.05, 3.63) is 0 Å². The topological polar surface area (TPSA) is 83.8 Å². The number of rotatable bonds is 2. The second kappa shape index (κ2) is 3.55. The largest absolute Gasteiger partial charge is 0.481 e. The van der Waals surface area contributed by atoms with E-state index in [9.17, 15) is 14.7 Å². The van der Waals surface area contributed by atoms with Crippen LogP contribution in [0.15, 0.2) is 0 Å². The predicted molar refractivity (Wildman–Crippen MR) is 45.3 cm³/mol. The Kier molecular flexibility index (Phi) is 2.82. The van der Waals surface area contributed by atoms with Crippen LogP contribution in [0, 0.1) is 0 Å². The monoisotopic (exact) mass is 206 g/mol. The Morgan fingerprint density at radius 1 is 1.77 bits per heavy atom. The Hall–Kier alpha value is -0.750. The molecule has 2 atom stereocenters. The van der Waals surface area contributed by atoms with Crippen LogP contribution in [0.2, 0.25) is 0 Å². The summed E-state index contributed by atoms with van der Waals surface area (Å²) in [5.74, 6) is -1.76. The van der Waals surface area contributed by atoms with Crippen LogP contribution in [-0.2, 0) is 14.3 Å². The van der Waals surface area contributed by atoms with Gasteiger partial charge in [-0.15, -0.1) is 12.6 Å². The van der Waals surface area contributed by atoms with Crippen LogP contribution in [0.4, 0.5) is 0 Å². The average Bonchev–Trinajstić information content (AvgIpc) is 1.77. The van der Waals surface area contributed by atoms with Crippen LogP contribution in [-0.4, -0.2) is 33.2 Å². The van der Waals surface area contributed by atoms with Gasteiger partial charge in [0.1, 0.15) is 5.44 Å². The molecule has 1 heterocycles. The molecule has 5 nitrogen and oxygen atoms in total. The van der Waals surface area contributed by atoms with E-state index in [0.29, 0.717) is 0 Å². The van der Waals surface area contributed by atoms with E-state index >= 15 is 0 Å². The summed E-state index contributed by atoms with van der Waals surface area (Å²) in [6.45, 7) is 0. The summed E-state index contributed by atoms with van der Waals surface area (Å²) in [4.78, 5) is 21.2. The lowest BCUT2D eigenvalue weighted by molar-refractivity contribution is -0.166. The molecule has 74 valence electrons. The van der Waals surface area contributed by atoms with E-state index in [1.54, 1.807) is 0 Å². The highest BCUT2D eigenvalue weighted by atomic mass is 32.1. The van der Waals surface area contributed by atoms with Crippen molar-refractivity contribution in [1.29, 1.82) is 0 Å². The van der Waals surface area contributed by atoms with Gasteiger partial charge >= 0.3 is 11.9 Å². The normalized spacial score (nSPS) is 34.0. The van der Waals surface area contributed by atoms with Gasteiger partial charge in [-0.1, -0.05) is 0 Å². The molecule has 0 aromatic rings. The molecule has 1 rings (SSSR count). The standard InChI is InChI=1S/C7H10O5S/c8-4(9)1-7(11)2-5(10)12-6(13)3-7/h6,11,13H,1-3H2,(H,8,9). The van der Waals surface area contributed by atoms with Gasteiger partial charge < -0.3 is 14.9 Å². The number of aliphatic hydroxyl groups is 1. The zero-order valence-corrected chi connectivity index (χ0v) is 7.66. The van der Waals surface area contributed by atoms with Crippen molar-refractivity contribution >= 4 is 24.6 Å². The van der Waals surface area contributed by atoms with E-state index in [2.05, 4.69) is 17.4 Å². The van der Waals surface area contributed by atoms with E-state index in [4.69, 9.17) is 5.11 Å². The van der Waals surface area contributed by atoms with Crippen molar-refractivity contribution in [2.75, 3.05) is 0 Å². The number of hydrogen-bond donors (Lipinski definition) is 3. The van der Waals surface area contributed by atoms with Gasteiger partial charge in [0.2, 0.25) is 0 Å². The smallest absolute Gasteiger partial charge is 0.309 e. The number of carbonyl (C=O) groups excluding carboxylic acids is 1. The Bertz CT molecular complexity index is 237. The van der Waals surface area contributed by atoms with Gasteiger partial charge in [0.05, 0.1) is 18.4 Å². The Balaban J connectivity index is 2.66. The van der Waals surface area contributed by atoms with Crippen LogP contribution in [0.25, 0.3) is 0 Å². The SMILES string of the molecule is O=C(O)CC1(O)CC(=O)OC(S)C1. The third-order valence-electron chi connectivity index (χ3n) is 1.78. The Morgan fingerprint density at radius 3 is 2.85 bits per heavy atom. The van der Waals surface area contributed by atoms with Crippen molar-refractivity contribution in [3.63, 3.8) is 0 Å². The van der Waals surface area contributed by atoms with Crippen LogP contribution in [0.5, 0.6) is 0 Å². The van der Waals surface area contributed by atoms with Crippen LogP contribution in [0.1, 0.15) is 19.3 Å². The van der Waals surface area contributed by atoms with E-state index in [1.165, 1.54) is 0 Å². The van der Waals surface area contributed by atoms with Gasteiger partial charge in [-0.25, -0.2) is 0 Å². The second-order valence-electron chi connectivity index (χ2n) is 3.12. The molecule has 13 heavy (non-hydrogen) atoms. The first-order chi connectivity index (χ1) is 5.91. The van der Waals surface area contributed by atoms with E-state index < -0.39 is 29.4 Å². The molecule has 0 radical (unpaired) electrons. The fourth-order valence-electron chi connectivity index (χ4n) is 1.32. The molecule has 2 N–H and O–H groups in total. The molecule has 1 aliphatic rings. The van der Waals surface area contributed by atoms with Crippen molar-refractivity contribution < 1.29 is 24.5 Å². The first-order valence-electron chi connectivity index (χ1n) is 3.73. The number of esters is 1. The zero-order chi connectivity index (χ0) is 10.1. The Labute approximate surface area is 80.1 Å². The summed E-state index contributed by atoms with van der Waals surface area (Å²) in [5, 5.41) is 18.1. The van der Waals surface area contributed by atoms with E-state index in [-0.39, 0.29) is 12.8 Å². The van der Waals surface area contributed by atoms with Crippen molar-refractivity contribution in [1.82, 2.24) is 0 Å². The molecule has 0 amide bonds. The number of thiol groups is 1. The average molecular weight is 206 g/mol. The molecule has 0 aliphatic carbocycles. The minimum atomic E-state index is -1.51. The lowest BCUT2D eigenvalue weighted by Crippen LogP contribution is -2.43. The highest BCUT2D eigenvalue weighted by molar-refractivity contribution is 7.80. The van der Waals surface area contributed by atoms with Crippen LogP contribution < -0.4 is 0 Å². The lowest BCUT2D eigenvalue weighted by Gasteiger charge is -2.32. The maximum Gasteiger partial charge on any atom is 0.309 e. The molecular weight excluding hydrogens is 196 g/mol. The maximum atomic E-state index is 10.8. The number of aliphatic carboxylic acids is 1. The molecule has 0 aromatic carbocycles. The highest BCUT2D eigenvalue weighted by Gasteiger charge is 2.40.